The lowest BCUT2D eigenvalue weighted by atomic mass is 9.98. The van der Waals surface area contributed by atoms with Crippen LogP contribution in [0, 0.1) is 13.8 Å². The van der Waals surface area contributed by atoms with Crippen molar-refractivity contribution in [3.8, 4) is 0 Å². The van der Waals surface area contributed by atoms with E-state index in [2.05, 4.69) is 10.3 Å². The van der Waals surface area contributed by atoms with Crippen LogP contribution in [-0.2, 0) is 22.5 Å². The molecule has 0 radical (unpaired) electrons. The van der Waals surface area contributed by atoms with Crippen molar-refractivity contribution >= 4 is 28.8 Å². The highest BCUT2D eigenvalue weighted by Crippen LogP contribution is 2.26. The summed E-state index contributed by atoms with van der Waals surface area (Å²) in [7, 11) is 0. The number of thiazole rings is 1. The summed E-state index contributed by atoms with van der Waals surface area (Å²) >= 11 is 1.45. The van der Waals surface area contributed by atoms with Gasteiger partial charge in [-0.25, -0.2) is 4.98 Å². The van der Waals surface area contributed by atoms with Crippen LogP contribution < -0.4 is 5.32 Å². The number of hydrogen-bond donors (Lipinski definition) is 1. The van der Waals surface area contributed by atoms with Gasteiger partial charge in [0.2, 0.25) is 0 Å². The summed E-state index contributed by atoms with van der Waals surface area (Å²) in [5, 5.41) is 3.86. The van der Waals surface area contributed by atoms with E-state index in [-0.39, 0.29) is 17.9 Å². The van der Waals surface area contributed by atoms with Gasteiger partial charge in [0, 0.05) is 25.4 Å². The number of amides is 2. The van der Waals surface area contributed by atoms with Gasteiger partial charge < -0.3 is 15.0 Å². The summed E-state index contributed by atoms with van der Waals surface area (Å²) < 4.78 is 5.44. The molecule has 1 aromatic heterocycles. The number of aromatic nitrogens is 1. The van der Waals surface area contributed by atoms with Crippen LogP contribution in [0.15, 0.2) is 18.2 Å². The lowest BCUT2D eigenvalue weighted by molar-refractivity contribution is -0.124. The molecule has 2 amide bonds. The lowest BCUT2D eigenvalue weighted by Crippen LogP contribution is -2.36. The second kappa shape index (κ2) is 7.40. The third-order valence-corrected chi connectivity index (χ3v) is 6.15. The van der Waals surface area contributed by atoms with Crippen molar-refractivity contribution in [2.75, 3.05) is 18.5 Å². The summed E-state index contributed by atoms with van der Waals surface area (Å²) in [5.41, 5.74) is 3.87. The summed E-state index contributed by atoms with van der Waals surface area (Å²) in [5.74, 6) is -0.0514. The Bertz CT molecular complexity index is 887. The molecule has 7 heteroatoms. The fourth-order valence-corrected chi connectivity index (χ4v) is 4.58. The SMILES string of the molecule is Cc1nc(C)c(C(=O)N2CCc3ccc(NC(=O)[C@@H]4CCCO4)cc3C2)s1. The Morgan fingerprint density at radius 2 is 2.15 bits per heavy atom. The first-order valence-electron chi connectivity index (χ1n) is 9.29. The number of nitrogens with one attached hydrogen (secondary N) is 1. The summed E-state index contributed by atoms with van der Waals surface area (Å²) in [4.78, 5) is 32.1. The van der Waals surface area contributed by atoms with Gasteiger partial charge in [0.1, 0.15) is 11.0 Å². The zero-order valence-corrected chi connectivity index (χ0v) is 16.4. The fourth-order valence-electron chi connectivity index (χ4n) is 3.69. The first-order valence-corrected chi connectivity index (χ1v) is 10.1. The third-order valence-electron chi connectivity index (χ3n) is 5.09. The molecule has 1 atom stereocenters. The number of ether oxygens (including phenoxy) is 1. The number of benzene rings is 1. The lowest BCUT2D eigenvalue weighted by Gasteiger charge is -2.29. The quantitative estimate of drug-likeness (QED) is 0.881. The predicted molar refractivity (Wildman–Crippen MR) is 104 cm³/mol. The first-order chi connectivity index (χ1) is 13.0. The molecule has 2 aliphatic rings. The van der Waals surface area contributed by atoms with E-state index in [1.165, 1.54) is 16.9 Å². The Kier molecular flexibility index (Phi) is 4.97. The van der Waals surface area contributed by atoms with E-state index < -0.39 is 0 Å². The molecule has 2 aromatic rings. The number of carbonyl (C=O) groups is 2. The van der Waals surface area contributed by atoms with Crippen molar-refractivity contribution < 1.29 is 14.3 Å². The zero-order chi connectivity index (χ0) is 19.0. The molecular weight excluding hydrogens is 362 g/mol. The van der Waals surface area contributed by atoms with Crippen molar-refractivity contribution in [2.45, 2.75) is 45.8 Å². The van der Waals surface area contributed by atoms with Gasteiger partial charge >= 0.3 is 0 Å². The molecule has 4 rings (SSSR count). The standard InChI is InChI=1S/C20H23N3O3S/c1-12-18(27-13(2)21-12)20(25)23-8-7-14-5-6-16(10-15(14)11-23)22-19(24)17-4-3-9-26-17/h5-6,10,17H,3-4,7-9,11H2,1-2H3,(H,22,24)/t17-/m0/s1. The molecule has 142 valence electrons. The number of fused-ring (bicyclic) bond motifs is 1. The average molecular weight is 385 g/mol. The maximum absolute atomic E-state index is 12.9. The van der Waals surface area contributed by atoms with Gasteiger partial charge in [-0.2, -0.15) is 0 Å². The summed E-state index contributed by atoms with van der Waals surface area (Å²) in [6.45, 7) is 5.70. The van der Waals surface area contributed by atoms with Gasteiger partial charge in [-0.3, -0.25) is 9.59 Å². The zero-order valence-electron chi connectivity index (χ0n) is 15.6. The molecule has 3 heterocycles. The molecule has 0 aliphatic carbocycles. The van der Waals surface area contributed by atoms with Crippen molar-refractivity contribution in [2.24, 2.45) is 0 Å². The average Bonchev–Trinajstić information content (AvgIpc) is 3.30. The Labute approximate surface area is 162 Å². The van der Waals surface area contributed by atoms with Crippen LogP contribution in [0.2, 0.25) is 0 Å². The summed E-state index contributed by atoms with van der Waals surface area (Å²) in [6, 6.07) is 5.95. The third kappa shape index (κ3) is 3.75. The smallest absolute Gasteiger partial charge is 0.266 e. The van der Waals surface area contributed by atoms with Gasteiger partial charge in [0.25, 0.3) is 11.8 Å². The van der Waals surface area contributed by atoms with Crippen LogP contribution in [-0.4, -0.2) is 41.0 Å². The van der Waals surface area contributed by atoms with Crippen molar-refractivity contribution in [3.05, 3.63) is 44.9 Å². The predicted octanol–water partition coefficient (Wildman–Crippen LogP) is 3.08. The number of nitrogens with zero attached hydrogens (tertiary/aromatic N) is 2. The van der Waals surface area contributed by atoms with Gasteiger partial charge in [0.05, 0.1) is 10.7 Å². The highest BCUT2D eigenvalue weighted by molar-refractivity contribution is 7.13. The molecule has 0 bridgehead atoms. The van der Waals surface area contributed by atoms with Crippen molar-refractivity contribution in [1.82, 2.24) is 9.88 Å². The van der Waals surface area contributed by atoms with E-state index in [9.17, 15) is 9.59 Å². The van der Waals surface area contributed by atoms with E-state index >= 15 is 0 Å². The van der Waals surface area contributed by atoms with Crippen LogP contribution in [0.5, 0.6) is 0 Å². The first kappa shape index (κ1) is 18.1. The highest BCUT2D eigenvalue weighted by Gasteiger charge is 2.26. The minimum Gasteiger partial charge on any atom is -0.368 e. The van der Waals surface area contributed by atoms with Gasteiger partial charge in [0.15, 0.2) is 0 Å². The van der Waals surface area contributed by atoms with Gasteiger partial charge in [-0.1, -0.05) is 6.07 Å². The highest BCUT2D eigenvalue weighted by atomic mass is 32.1. The minimum absolute atomic E-state index is 0.0394. The molecule has 0 spiro atoms. The number of carbonyl (C=O) groups excluding carboxylic acids is 2. The molecule has 0 unspecified atom stereocenters. The van der Waals surface area contributed by atoms with Crippen LogP contribution in [0.1, 0.15) is 44.3 Å². The molecule has 6 nitrogen and oxygen atoms in total. The maximum atomic E-state index is 12.9. The topological polar surface area (TPSA) is 71.5 Å². The van der Waals surface area contributed by atoms with Crippen LogP contribution >= 0.6 is 11.3 Å². The van der Waals surface area contributed by atoms with Gasteiger partial charge in [-0.15, -0.1) is 11.3 Å². The largest absolute Gasteiger partial charge is 0.368 e. The molecule has 27 heavy (non-hydrogen) atoms. The number of rotatable bonds is 3. The molecule has 1 saturated heterocycles. The van der Waals surface area contributed by atoms with E-state index in [1.54, 1.807) is 0 Å². The fraction of sp³-hybridized carbons (Fsp3) is 0.450. The van der Waals surface area contributed by atoms with E-state index in [4.69, 9.17) is 4.74 Å². The Hall–Kier alpha value is -2.25. The molecule has 1 N–H and O–H groups in total. The van der Waals surface area contributed by atoms with E-state index in [0.717, 1.165) is 46.1 Å². The van der Waals surface area contributed by atoms with Gasteiger partial charge in [-0.05, 0) is 56.4 Å². The normalized spacial score (nSPS) is 19.0. The van der Waals surface area contributed by atoms with Crippen LogP contribution in [0.3, 0.4) is 0 Å². The van der Waals surface area contributed by atoms with Crippen LogP contribution in [0.4, 0.5) is 5.69 Å². The number of hydrogen-bond acceptors (Lipinski definition) is 5. The van der Waals surface area contributed by atoms with Crippen molar-refractivity contribution in [3.63, 3.8) is 0 Å². The monoisotopic (exact) mass is 385 g/mol. The van der Waals surface area contributed by atoms with E-state index in [1.807, 2.05) is 36.9 Å². The molecular formula is C20H23N3O3S. The molecule has 0 saturated carbocycles. The maximum Gasteiger partial charge on any atom is 0.266 e. The van der Waals surface area contributed by atoms with Crippen LogP contribution in [0.25, 0.3) is 0 Å². The second-order valence-corrected chi connectivity index (χ2v) is 8.30. The minimum atomic E-state index is -0.350. The molecule has 1 aromatic carbocycles. The Morgan fingerprint density at radius 1 is 1.30 bits per heavy atom. The number of aryl methyl sites for hydroxylation is 2. The summed E-state index contributed by atoms with van der Waals surface area (Å²) in [6.07, 6.45) is 2.16. The second-order valence-electron chi connectivity index (χ2n) is 7.10. The molecule has 1 fully saturated rings. The Morgan fingerprint density at radius 3 is 2.85 bits per heavy atom. The molecule has 2 aliphatic heterocycles. The number of anilines is 1. The Balaban J connectivity index is 1.49. The van der Waals surface area contributed by atoms with Crippen molar-refractivity contribution in [1.29, 1.82) is 0 Å². The van der Waals surface area contributed by atoms with E-state index in [0.29, 0.717) is 19.7 Å².